The van der Waals surface area contributed by atoms with Gasteiger partial charge in [0, 0.05) is 40.7 Å². The van der Waals surface area contributed by atoms with E-state index in [1.165, 1.54) is 12.1 Å². The number of hydrogen-bond acceptors (Lipinski definition) is 5. The molecule has 7 nitrogen and oxygen atoms in total. The molecule has 9 heteroatoms. The molecule has 1 N–H and O–H groups in total. The molecule has 0 radical (unpaired) electrons. The minimum atomic E-state index is -0.449. The van der Waals surface area contributed by atoms with E-state index >= 15 is 0 Å². The van der Waals surface area contributed by atoms with Crippen molar-refractivity contribution in [3.8, 4) is 34.0 Å². The van der Waals surface area contributed by atoms with Crippen molar-refractivity contribution in [1.82, 2.24) is 25.1 Å². The first-order valence-electron chi connectivity index (χ1n) is 12.8. The van der Waals surface area contributed by atoms with Gasteiger partial charge in [0.1, 0.15) is 5.82 Å². The van der Waals surface area contributed by atoms with Gasteiger partial charge in [-0.1, -0.05) is 54.1 Å². The number of rotatable bonds is 8. The lowest BCUT2D eigenvalue weighted by molar-refractivity contribution is 0.0932. The quantitative estimate of drug-likeness (QED) is 0.211. The standard InChI is InChI=1S/C32H23ClFN5O2/c33-28-18-25(21-10-13-26(34)14-11-21)12-15-27(28)29(19-39-17-16-35-20-39)36-30(40)22-6-8-24(9-7-22)32-38-37-31(41-32)23-4-2-1-3-5-23/h1-18,20,29H,19H2,(H,36,40)/t29-/m0/s1. The zero-order valence-electron chi connectivity index (χ0n) is 21.6. The first-order chi connectivity index (χ1) is 20.0. The van der Waals surface area contributed by atoms with Gasteiger partial charge in [-0.3, -0.25) is 4.79 Å². The van der Waals surface area contributed by atoms with Gasteiger partial charge in [0.15, 0.2) is 0 Å². The lowest BCUT2D eigenvalue weighted by atomic mass is 10.00. The van der Waals surface area contributed by atoms with Crippen LogP contribution in [-0.4, -0.2) is 25.7 Å². The Labute approximate surface area is 240 Å². The largest absolute Gasteiger partial charge is 0.416 e. The molecule has 0 saturated carbocycles. The molecule has 41 heavy (non-hydrogen) atoms. The maximum absolute atomic E-state index is 13.4. The Morgan fingerprint density at radius 2 is 1.51 bits per heavy atom. The monoisotopic (exact) mass is 563 g/mol. The molecule has 202 valence electrons. The minimum absolute atomic E-state index is 0.268. The minimum Gasteiger partial charge on any atom is -0.416 e. The smallest absolute Gasteiger partial charge is 0.251 e. The Kier molecular flexibility index (Phi) is 7.38. The number of nitrogens with zero attached hydrogens (tertiary/aromatic N) is 4. The highest BCUT2D eigenvalue weighted by atomic mass is 35.5. The van der Waals surface area contributed by atoms with Crippen molar-refractivity contribution in [1.29, 1.82) is 0 Å². The van der Waals surface area contributed by atoms with E-state index < -0.39 is 6.04 Å². The lowest BCUT2D eigenvalue weighted by Crippen LogP contribution is -2.31. The van der Waals surface area contributed by atoms with Crippen molar-refractivity contribution in [2.24, 2.45) is 0 Å². The molecule has 0 unspecified atom stereocenters. The summed E-state index contributed by atoms with van der Waals surface area (Å²) in [4.78, 5) is 17.5. The van der Waals surface area contributed by atoms with Gasteiger partial charge in [-0.15, -0.1) is 10.2 Å². The summed E-state index contributed by atoms with van der Waals surface area (Å²) < 4.78 is 21.1. The number of aromatic nitrogens is 4. The number of imidazole rings is 1. The fourth-order valence-electron chi connectivity index (χ4n) is 4.50. The second-order valence-electron chi connectivity index (χ2n) is 9.38. The van der Waals surface area contributed by atoms with Crippen LogP contribution >= 0.6 is 11.6 Å². The third kappa shape index (κ3) is 5.92. The van der Waals surface area contributed by atoms with Gasteiger partial charge >= 0.3 is 0 Å². The van der Waals surface area contributed by atoms with E-state index in [0.29, 0.717) is 34.5 Å². The average Bonchev–Trinajstić information content (AvgIpc) is 3.71. The summed E-state index contributed by atoms with van der Waals surface area (Å²) in [6, 6.07) is 27.9. The van der Waals surface area contributed by atoms with Crippen molar-refractivity contribution < 1.29 is 13.6 Å². The molecule has 4 aromatic carbocycles. The van der Waals surface area contributed by atoms with Crippen LogP contribution in [0.4, 0.5) is 4.39 Å². The average molecular weight is 564 g/mol. The van der Waals surface area contributed by atoms with E-state index in [1.807, 2.05) is 59.3 Å². The number of benzene rings is 4. The van der Waals surface area contributed by atoms with Crippen LogP contribution < -0.4 is 5.32 Å². The van der Waals surface area contributed by atoms with E-state index in [0.717, 1.165) is 22.3 Å². The third-order valence-electron chi connectivity index (χ3n) is 6.65. The first-order valence-corrected chi connectivity index (χ1v) is 13.2. The lowest BCUT2D eigenvalue weighted by Gasteiger charge is -2.21. The van der Waals surface area contributed by atoms with E-state index in [-0.39, 0.29) is 11.7 Å². The highest BCUT2D eigenvalue weighted by Gasteiger charge is 2.20. The molecule has 2 aromatic heterocycles. The van der Waals surface area contributed by atoms with E-state index in [2.05, 4.69) is 20.5 Å². The highest BCUT2D eigenvalue weighted by Crippen LogP contribution is 2.31. The second-order valence-corrected chi connectivity index (χ2v) is 9.79. The predicted octanol–water partition coefficient (Wildman–Crippen LogP) is 7.23. The van der Waals surface area contributed by atoms with Crippen LogP contribution in [0.1, 0.15) is 22.0 Å². The first kappa shape index (κ1) is 26.2. The zero-order valence-corrected chi connectivity index (χ0v) is 22.4. The van der Waals surface area contributed by atoms with Crippen LogP contribution in [0.15, 0.2) is 120 Å². The molecule has 1 amide bonds. The molecule has 0 aliphatic rings. The SMILES string of the molecule is O=C(N[C@@H](Cn1ccnc1)c1ccc(-c2ccc(F)cc2)cc1Cl)c1ccc(-c2nnc(-c3ccccc3)o2)cc1. The van der Waals surface area contributed by atoms with Gasteiger partial charge in [-0.25, -0.2) is 9.37 Å². The van der Waals surface area contributed by atoms with Gasteiger partial charge in [0.25, 0.3) is 5.91 Å². The summed E-state index contributed by atoms with van der Waals surface area (Å²) in [6.45, 7) is 0.420. The maximum Gasteiger partial charge on any atom is 0.251 e. The molecule has 0 aliphatic heterocycles. The topological polar surface area (TPSA) is 85.8 Å². The van der Waals surface area contributed by atoms with E-state index in [9.17, 15) is 9.18 Å². The molecule has 0 bridgehead atoms. The molecule has 0 spiro atoms. The van der Waals surface area contributed by atoms with Crippen LogP contribution in [0.3, 0.4) is 0 Å². The number of nitrogens with one attached hydrogen (secondary N) is 1. The third-order valence-corrected chi connectivity index (χ3v) is 6.98. The fourth-order valence-corrected chi connectivity index (χ4v) is 4.81. The van der Waals surface area contributed by atoms with Crippen LogP contribution in [0, 0.1) is 5.82 Å². The Bertz CT molecular complexity index is 1770. The summed E-state index contributed by atoms with van der Waals surface area (Å²) in [7, 11) is 0. The molecule has 2 heterocycles. The molecule has 6 aromatic rings. The number of halogens is 2. The van der Waals surface area contributed by atoms with Crippen LogP contribution in [0.25, 0.3) is 34.0 Å². The van der Waals surface area contributed by atoms with Gasteiger partial charge in [-0.2, -0.15) is 0 Å². The molecule has 6 rings (SSSR count). The second kappa shape index (κ2) is 11.6. The Hall–Kier alpha value is -5.08. The predicted molar refractivity (Wildman–Crippen MR) is 154 cm³/mol. The van der Waals surface area contributed by atoms with E-state index in [4.69, 9.17) is 16.0 Å². The van der Waals surface area contributed by atoms with Crippen LogP contribution in [-0.2, 0) is 6.54 Å². The van der Waals surface area contributed by atoms with Gasteiger partial charge in [-0.05, 0) is 71.3 Å². The van der Waals surface area contributed by atoms with Crippen molar-refractivity contribution >= 4 is 17.5 Å². The molecule has 0 fully saturated rings. The normalized spacial score (nSPS) is 11.8. The molecular weight excluding hydrogens is 541 g/mol. The number of carbonyl (C=O) groups is 1. The summed E-state index contributed by atoms with van der Waals surface area (Å²) in [5.74, 6) is 0.214. The van der Waals surface area contributed by atoms with Gasteiger partial charge < -0.3 is 14.3 Å². The number of hydrogen-bond donors (Lipinski definition) is 1. The van der Waals surface area contributed by atoms with Gasteiger partial charge in [0.05, 0.1) is 12.4 Å². The van der Waals surface area contributed by atoms with E-state index in [1.54, 1.807) is 48.9 Å². The Balaban J connectivity index is 1.22. The van der Waals surface area contributed by atoms with Crippen LogP contribution in [0.2, 0.25) is 5.02 Å². The Morgan fingerprint density at radius 1 is 0.854 bits per heavy atom. The molecular formula is C32H23ClFN5O2. The molecule has 1 atom stereocenters. The fraction of sp³-hybridized carbons (Fsp3) is 0.0625. The zero-order chi connectivity index (χ0) is 28.2. The summed E-state index contributed by atoms with van der Waals surface area (Å²) in [6.07, 6.45) is 5.18. The summed E-state index contributed by atoms with van der Waals surface area (Å²) in [5, 5.41) is 11.9. The van der Waals surface area contributed by atoms with Crippen molar-refractivity contribution in [2.75, 3.05) is 0 Å². The summed E-state index contributed by atoms with van der Waals surface area (Å²) >= 11 is 6.74. The number of carbonyl (C=O) groups excluding carboxylic acids is 1. The van der Waals surface area contributed by atoms with Crippen molar-refractivity contribution in [3.63, 3.8) is 0 Å². The summed E-state index contributed by atoms with van der Waals surface area (Å²) in [5.41, 5.74) is 4.42. The van der Waals surface area contributed by atoms with Gasteiger partial charge in [0.2, 0.25) is 11.8 Å². The van der Waals surface area contributed by atoms with Crippen LogP contribution in [0.5, 0.6) is 0 Å². The maximum atomic E-state index is 13.4. The van der Waals surface area contributed by atoms with Crippen molar-refractivity contribution in [2.45, 2.75) is 12.6 Å². The highest BCUT2D eigenvalue weighted by molar-refractivity contribution is 6.31. The Morgan fingerprint density at radius 3 is 2.17 bits per heavy atom. The number of amides is 1. The molecule has 0 aliphatic carbocycles. The van der Waals surface area contributed by atoms with Crippen molar-refractivity contribution in [3.05, 3.63) is 138 Å². The molecule has 0 saturated heterocycles.